The van der Waals surface area contributed by atoms with E-state index in [0.717, 1.165) is 22.6 Å². The molecule has 5 heteroatoms. The van der Waals surface area contributed by atoms with Gasteiger partial charge in [-0.1, -0.05) is 12.1 Å². The van der Waals surface area contributed by atoms with Crippen LogP contribution in [0, 0.1) is 6.92 Å². The van der Waals surface area contributed by atoms with Gasteiger partial charge in [0.2, 0.25) is 5.91 Å². The number of para-hydroxylation sites is 2. The quantitative estimate of drug-likeness (QED) is 0.752. The highest BCUT2D eigenvalue weighted by Crippen LogP contribution is 2.12. The van der Waals surface area contributed by atoms with Crippen molar-refractivity contribution in [1.29, 1.82) is 0 Å². The zero-order valence-corrected chi connectivity index (χ0v) is 12.5. The number of carbonyl (C=O) groups excluding carboxylic acids is 1. The average molecular weight is 295 g/mol. The number of furan rings is 1. The first kappa shape index (κ1) is 14.1. The van der Waals surface area contributed by atoms with Crippen molar-refractivity contribution in [3.63, 3.8) is 0 Å². The minimum Gasteiger partial charge on any atom is -0.462 e. The maximum absolute atomic E-state index is 12.1. The Morgan fingerprint density at radius 1 is 1.32 bits per heavy atom. The molecule has 0 spiro atoms. The first-order valence-corrected chi connectivity index (χ1v) is 7.05. The summed E-state index contributed by atoms with van der Waals surface area (Å²) in [6.07, 6.45) is 3.17. The van der Waals surface area contributed by atoms with E-state index in [9.17, 15) is 4.79 Å². The summed E-state index contributed by atoms with van der Waals surface area (Å²) < 4.78 is 5.40. The monoisotopic (exact) mass is 295 g/mol. The van der Waals surface area contributed by atoms with Gasteiger partial charge in [0.25, 0.3) is 0 Å². The summed E-state index contributed by atoms with van der Waals surface area (Å²) in [7, 11) is 1.74. The van der Waals surface area contributed by atoms with Crippen molar-refractivity contribution >= 4 is 23.0 Å². The summed E-state index contributed by atoms with van der Waals surface area (Å²) >= 11 is 0. The van der Waals surface area contributed by atoms with E-state index < -0.39 is 0 Å². The van der Waals surface area contributed by atoms with Crippen LogP contribution < -0.4 is 0 Å². The predicted molar refractivity (Wildman–Crippen MR) is 85.0 cm³/mol. The number of aryl methyl sites for hydroxylation is 1. The Balaban J connectivity index is 1.66. The Hall–Kier alpha value is -2.82. The molecule has 0 unspecified atom stereocenters. The van der Waals surface area contributed by atoms with E-state index in [2.05, 4.69) is 9.97 Å². The van der Waals surface area contributed by atoms with E-state index in [4.69, 9.17) is 4.42 Å². The van der Waals surface area contributed by atoms with Crippen molar-refractivity contribution in [3.05, 3.63) is 59.8 Å². The molecule has 0 atom stereocenters. The Labute approximate surface area is 128 Å². The third kappa shape index (κ3) is 3.09. The van der Waals surface area contributed by atoms with Crippen LogP contribution in [0.3, 0.4) is 0 Å². The summed E-state index contributed by atoms with van der Waals surface area (Å²) in [6.45, 7) is 2.29. The third-order valence-corrected chi connectivity index (χ3v) is 3.35. The van der Waals surface area contributed by atoms with Gasteiger partial charge >= 0.3 is 0 Å². The fourth-order valence-corrected chi connectivity index (χ4v) is 2.21. The number of nitrogens with one attached hydrogen (secondary N) is 1. The Morgan fingerprint density at radius 2 is 2.14 bits per heavy atom. The summed E-state index contributed by atoms with van der Waals surface area (Å²) in [4.78, 5) is 21.4. The highest BCUT2D eigenvalue weighted by atomic mass is 16.3. The van der Waals surface area contributed by atoms with Crippen molar-refractivity contribution in [2.75, 3.05) is 7.05 Å². The van der Waals surface area contributed by atoms with Gasteiger partial charge in [0.05, 0.1) is 17.6 Å². The van der Waals surface area contributed by atoms with Gasteiger partial charge in [0, 0.05) is 13.1 Å². The van der Waals surface area contributed by atoms with Gasteiger partial charge in [-0.15, -0.1) is 0 Å². The number of carbonyl (C=O) groups is 1. The SMILES string of the molecule is Cc1ccc(/C=C\C(=O)N(C)Cc2nc3ccccc3[nH]2)o1. The van der Waals surface area contributed by atoms with Crippen LogP contribution in [0.25, 0.3) is 17.1 Å². The topological polar surface area (TPSA) is 62.1 Å². The lowest BCUT2D eigenvalue weighted by atomic mass is 10.3. The second-order valence-electron chi connectivity index (χ2n) is 5.18. The normalized spacial score (nSPS) is 11.4. The molecule has 2 aromatic heterocycles. The van der Waals surface area contributed by atoms with E-state index in [0.29, 0.717) is 12.3 Å². The molecule has 5 nitrogen and oxygen atoms in total. The lowest BCUT2D eigenvalue weighted by Crippen LogP contribution is -2.24. The van der Waals surface area contributed by atoms with E-state index >= 15 is 0 Å². The van der Waals surface area contributed by atoms with Crippen molar-refractivity contribution in [2.24, 2.45) is 0 Å². The van der Waals surface area contributed by atoms with Gasteiger partial charge in [-0.2, -0.15) is 0 Å². The van der Waals surface area contributed by atoms with Gasteiger partial charge in [0.15, 0.2) is 0 Å². The van der Waals surface area contributed by atoms with E-state index in [1.54, 1.807) is 18.0 Å². The molecular formula is C17H17N3O2. The number of amides is 1. The zero-order chi connectivity index (χ0) is 15.5. The third-order valence-electron chi connectivity index (χ3n) is 3.35. The first-order chi connectivity index (χ1) is 10.6. The molecule has 0 aliphatic heterocycles. The molecule has 0 radical (unpaired) electrons. The molecular weight excluding hydrogens is 278 g/mol. The number of imidazole rings is 1. The van der Waals surface area contributed by atoms with Gasteiger partial charge in [-0.05, 0) is 37.3 Å². The van der Waals surface area contributed by atoms with Crippen LogP contribution >= 0.6 is 0 Å². The van der Waals surface area contributed by atoms with Crippen molar-refractivity contribution in [3.8, 4) is 0 Å². The number of hydrogen-bond acceptors (Lipinski definition) is 3. The second-order valence-corrected chi connectivity index (χ2v) is 5.18. The summed E-state index contributed by atoms with van der Waals surface area (Å²) in [5.41, 5.74) is 1.87. The standard InChI is InChI=1S/C17H17N3O2/c1-12-7-8-13(22-12)9-10-17(21)20(2)11-16-18-14-5-3-4-6-15(14)19-16/h3-10H,11H2,1-2H3,(H,18,19)/b10-9-. The van der Waals surface area contributed by atoms with Crippen molar-refractivity contribution in [1.82, 2.24) is 14.9 Å². The number of nitrogens with zero attached hydrogens (tertiary/aromatic N) is 2. The van der Waals surface area contributed by atoms with Crippen LogP contribution in [-0.4, -0.2) is 27.8 Å². The Bertz CT molecular complexity index is 796. The molecule has 0 aliphatic carbocycles. The number of aromatic nitrogens is 2. The molecule has 1 amide bonds. The highest BCUT2D eigenvalue weighted by molar-refractivity contribution is 5.91. The largest absolute Gasteiger partial charge is 0.462 e. The van der Waals surface area contributed by atoms with Gasteiger partial charge in [-0.3, -0.25) is 4.79 Å². The van der Waals surface area contributed by atoms with E-state index in [1.165, 1.54) is 6.08 Å². The first-order valence-electron chi connectivity index (χ1n) is 7.05. The molecule has 0 bridgehead atoms. The van der Waals surface area contributed by atoms with Crippen molar-refractivity contribution in [2.45, 2.75) is 13.5 Å². The smallest absolute Gasteiger partial charge is 0.246 e. The fraction of sp³-hybridized carbons (Fsp3) is 0.176. The molecule has 2 heterocycles. The molecule has 3 aromatic rings. The zero-order valence-electron chi connectivity index (χ0n) is 12.5. The Morgan fingerprint density at radius 3 is 2.86 bits per heavy atom. The van der Waals surface area contributed by atoms with Gasteiger partial charge in [-0.25, -0.2) is 4.98 Å². The van der Waals surface area contributed by atoms with Crippen LogP contribution in [0.5, 0.6) is 0 Å². The molecule has 0 saturated heterocycles. The lowest BCUT2D eigenvalue weighted by molar-refractivity contribution is -0.125. The van der Waals surface area contributed by atoms with Crippen LogP contribution in [0.4, 0.5) is 0 Å². The van der Waals surface area contributed by atoms with Gasteiger partial charge < -0.3 is 14.3 Å². The maximum atomic E-state index is 12.1. The number of H-pyrrole nitrogens is 1. The lowest BCUT2D eigenvalue weighted by Gasteiger charge is -2.12. The van der Waals surface area contributed by atoms with Crippen LogP contribution in [0.1, 0.15) is 17.3 Å². The minimum absolute atomic E-state index is 0.102. The molecule has 3 rings (SSSR count). The average Bonchev–Trinajstić information content (AvgIpc) is 3.09. The molecule has 22 heavy (non-hydrogen) atoms. The fourth-order valence-electron chi connectivity index (χ4n) is 2.21. The van der Waals surface area contributed by atoms with Crippen molar-refractivity contribution < 1.29 is 9.21 Å². The summed E-state index contributed by atoms with van der Waals surface area (Å²) in [6, 6.07) is 11.5. The molecule has 0 fully saturated rings. The number of likely N-dealkylation sites (N-methyl/N-ethyl adjacent to an activating group) is 1. The number of hydrogen-bond donors (Lipinski definition) is 1. The van der Waals surface area contributed by atoms with Crippen LogP contribution in [-0.2, 0) is 11.3 Å². The summed E-state index contributed by atoms with van der Waals surface area (Å²) in [5, 5.41) is 0. The van der Waals surface area contributed by atoms with Crippen LogP contribution in [0.2, 0.25) is 0 Å². The molecule has 112 valence electrons. The molecule has 1 N–H and O–H groups in total. The molecule has 0 aliphatic rings. The summed E-state index contributed by atoms with van der Waals surface area (Å²) in [5.74, 6) is 2.15. The van der Waals surface area contributed by atoms with E-state index in [-0.39, 0.29) is 5.91 Å². The number of fused-ring (bicyclic) bond motifs is 1. The Kier molecular flexibility index (Phi) is 3.78. The minimum atomic E-state index is -0.102. The molecule has 0 saturated carbocycles. The maximum Gasteiger partial charge on any atom is 0.246 e. The van der Waals surface area contributed by atoms with E-state index in [1.807, 2.05) is 43.3 Å². The number of benzene rings is 1. The second kappa shape index (κ2) is 5.89. The highest BCUT2D eigenvalue weighted by Gasteiger charge is 2.09. The number of rotatable bonds is 4. The van der Waals surface area contributed by atoms with Crippen LogP contribution in [0.15, 0.2) is 46.9 Å². The molecule has 1 aromatic carbocycles. The van der Waals surface area contributed by atoms with Gasteiger partial charge in [0.1, 0.15) is 17.3 Å². The predicted octanol–water partition coefficient (Wildman–Crippen LogP) is 3.14. The number of aromatic amines is 1.